The third-order valence-electron chi connectivity index (χ3n) is 5.24. The molecule has 0 fully saturated rings. The fraction of sp³-hybridized carbons (Fsp3) is 0.429. The summed E-state index contributed by atoms with van der Waals surface area (Å²) in [5.41, 5.74) is -3.36. The lowest BCUT2D eigenvalue weighted by atomic mass is 9.69. The van der Waals surface area contributed by atoms with Crippen molar-refractivity contribution in [3.8, 4) is 23.0 Å². The number of ether oxygens (including phenoxy) is 3. The smallest absolute Gasteiger partial charge is 0.161 e. The molecular weight excluding hydrogens is 380 g/mol. The van der Waals surface area contributed by atoms with Crippen LogP contribution in [0.25, 0.3) is 0 Å². The van der Waals surface area contributed by atoms with Gasteiger partial charge in [0.1, 0.15) is 11.2 Å². The van der Waals surface area contributed by atoms with Crippen molar-refractivity contribution < 1.29 is 39.7 Å². The molecule has 0 amide bonds. The maximum atomic E-state index is 11.4. The van der Waals surface area contributed by atoms with Gasteiger partial charge in [-0.25, -0.2) is 0 Å². The Morgan fingerprint density at radius 1 is 0.793 bits per heavy atom. The van der Waals surface area contributed by atoms with Crippen LogP contribution in [-0.4, -0.2) is 71.3 Å². The number of hydrogen-bond donors (Lipinski definition) is 5. The Morgan fingerprint density at radius 2 is 1.31 bits per heavy atom. The van der Waals surface area contributed by atoms with Gasteiger partial charge in [0.05, 0.1) is 34.5 Å². The number of rotatable bonds is 9. The van der Waals surface area contributed by atoms with Gasteiger partial charge in [0.15, 0.2) is 23.0 Å². The van der Waals surface area contributed by atoms with E-state index < -0.39 is 30.3 Å². The second kappa shape index (κ2) is 8.87. The van der Waals surface area contributed by atoms with Gasteiger partial charge in [0, 0.05) is 5.92 Å². The molecule has 0 heterocycles. The lowest BCUT2D eigenvalue weighted by Gasteiger charge is -2.45. The molecule has 0 saturated carbocycles. The molecule has 3 atom stereocenters. The van der Waals surface area contributed by atoms with E-state index in [0.29, 0.717) is 22.6 Å². The maximum Gasteiger partial charge on any atom is 0.161 e. The molecule has 0 bridgehead atoms. The van der Waals surface area contributed by atoms with Crippen LogP contribution < -0.4 is 14.2 Å². The van der Waals surface area contributed by atoms with Crippen LogP contribution in [0.2, 0.25) is 0 Å². The van der Waals surface area contributed by atoms with Crippen LogP contribution in [0.5, 0.6) is 23.0 Å². The molecule has 0 radical (unpaired) electrons. The normalized spacial score (nSPS) is 16.4. The SMILES string of the molecule is COc1cc(C(c2ccc(OC)c(OC)c2)C(O)(CO)C(C)(O)CO)ccc1O. The van der Waals surface area contributed by atoms with Crippen molar-refractivity contribution >= 4 is 0 Å². The molecule has 3 unspecified atom stereocenters. The summed E-state index contributed by atoms with van der Waals surface area (Å²) in [5.74, 6) is -0.144. The molecule has 0 spiro atoms. The van der Waals surface area contributed by atoms with Gasteiger partial charge in [-0.2, -0.15) is 0 Å². The van der Waals surface area contributed by atoms with Gasteiger partial charge < -0.3 is 39.7 Å². The van der Waals surface area contributed by atoms with Crippen LogP contribution in [0.1, 0.15) is 24.0 Å². The number of phenolic OH excluding ortho intramolecular Hbond substituents is 1. The predicted molar refractivity (Wildman–Crippen MR) is 106 cm³/mol. The number of hydrogen-bond acceptors (Lipinski definition) is 8. The van der Waals surface area contributed by atoms with E-state index in [1.165, 1.54) is 46.5 Å². The highest BCUT2D eigenvalue weighted by atomic mass is 16.5. The van der Waals surface area contributed by atoms with Gasteiger partial charge in [0.2, 0.25) is 0 Å². The Hall–Kier alpha value is -2.52. The van der Waals surface area contributed by atoms with Gasteiger partial charge >= 0.3 is 0 Å². The molecular formula is C21H28O8. The second-order valence-corrected chi connectivity index (χ2v) is 6.99. The molecule has 0 saturated heterocycles. The van der Waals surface area contributed by atoms with Crippen LogP contribution >= 0.6 is 0 Å². The summed E-state index contributed by atoms with van der Waals surface area (Å²) >= 11 is 0. The first-order chi connectivity index (χ1) is 13.7. The zero-order valence-corrected chi connectivity index (χ0v) is 16.9. The maximum absolute atomic E-state index is 11.4. The van der Waals surface area contributed by atoms with Crippen molar-refractivity contribution in [2.24, 2.45) is 0 Å². The summed E-state index contributed by atoms with van der Waals surface area (Å²) in [7, 11) is 4.33. The monoisotopic (exact) mass is 408 g/mol. The fourth-order valence-electron chi connectivity index (χ4n) is 3.36. The zero-order chi connectivity index (χ0) is 21.8. The van der Waals surface area contributed by atoms with Crippen LogP contribution in [0.3, 0.4) is 0 Å². The summed E-state index contributed by atoms with van der Waals surface area (Å²) in [6.07, 6.45) is 0. The minimum absolute atomic E-state index is 0.108. The Labute approximate surface area is 169 Å². The van der Waals surface area contributed by atoms with Crippen molar-refractivity contribution in [3.05, 3.63) is 47.5 Å². The first-order valence-electron chi connectivity index (χ1n) is 8.94. The molecule has 0 aliphatic carbocycles. The topological polar surface area (TPSA) is 129 Å². The number of aromatic hydroxyl groups is 1. The summed E-state index contributed by atoms with van der Waals surface area (Å²) in [6.45, 7) is -0.430. The Bertz CT molecular complexity index is 835. The fourth-order valence-corrected chi connectivity index (χ4v) is 3.36. The summed E-state index contributed by atoms with van der Waals surface area (Å²) in [5, 5.41) is 51.9. The highest BCUT2D eigenvalue weighted by Gasteiger charge is 2.52. The highest BCUT2D eigenvalue weighted by Crippen LogP contribution is 2.45. The van der Waals surface area contributed by atoms with Gasteiger partial charge in [-0.15, -0.1) is 0 Å². The standard InChI is InChI=1S/C21H28O8/c1-20(25,11-22)21(26,12-23)19(13-5-7-15(24)17(9-13)28-3)14-6-8-16(27-2)18(10-14)29-4/h5-10,19,22-26H,11-12H2,1-4H3. The Morgan fingerprint density at radius 3 is 1.79 bits per heavy atom. The van der Waals surface area contributed by atoms with Crippen LogP contribution in [0, 0.1) is 0 Å². The number of aliphatic hydroxyl groups is 4. The van der Waals surface area contributed by atoms with E-state index in [0.717, 1.165) is 0 Å². The third kappa shape index (κ3) is 4.11. The molecule has 2 aromatic rings. The Balaban J connectivity index is 2.79. The molecule has 29 heavy (non-hydrogen) atoms. The van der Waals surface area contributed by atoms with E-state index in [2.05, 4.69) is 0 Å². The first kappa shape index (κ1) is 22.8. The van der Waals surface area contributed by atoms with Gasteiger partial charge in [0.25, 0.3) is 0 Å². The van der Waals surface area contributed by atoms with Crippen molar-refractivity contribution in [1.82, 2.24) is 0 Å². The number of benzene rings is 2. The van der Waals surface area contributed by atoms with Crippen molar-refractivity contribution in [2.45, 2.75) is 24.0 Å². The molecule has 0 aliphatic rings. The average Bonchev–Trinajstić information content (AvgIpc) is 2.74. The summed E-state index contributed by atoms with van der Waals surface area (Å²) in [6, 6.07) is 9.30. The highest BCUT2D eigenvalue weighted by molar-refractivity contribution is 5.51. The van der Waals surface area contributed by atoms with Gasteiger partial charge in [-0.3, -0.25) is 0 Å². The molecule has 2 aromatic carbocycles. The van der Waals surface area contributed by atoms with Crippen molar-refractivity contribution in [1.29, 1.82) is 0 Å². The molecule has 0 aromatic heterocycles. The quantitative estimate of drug-likeness (QED) is 0.416. The molecule has 8 nitrogen and oxygen atoms in total. The first-order valence-corrected chi connectivity index (χ1v) is 8.94. The zero-order valence-electron chi connectivity index (χ0n) is 16.9. The van der Waals surface area contributed by atoms with Crippen LogP contribution in [0.15, 0.2) is 36.4 Å². The van der Waals surface area contributed by atoms with E-state index in [9.17, 15) is 25.5 Å². The lowest BCUT2D eigenvalue weighted by molar-refractivity contribution is -0.187. The molecule has 0 aliphatic heterocycles. The second-order valence-electron chi connectivity index (χ2n) is 6.99. The molecule has 2 rings (SSSR count). The lowest BCUT2D eigenvalue weighted by Crippen LogP contribution is -2.60. The molecule has 8 heteroatoms. The van der Waals surface area contributed by atoms with E-state index in [1.54, 1.807) is 18.2 Å². The van der Waals surface area contributed by atoms with Gasteiger partial charge in [-0.1, -0.05) is 12.1 Å². The predicted octanol–water partition coefficient (Wildman–Crippen LogP) is 1.02. The van der Waals surface area contributed by atoms with Crippen LogP contribution in [-0.2, 0) is 0 Å². The van der Waals surface area contributed by atoms with E-state index in [4.69, 9.17) is 14.2 Å². The molecule has 5 N–H and O–H groups in total. The van der Waals surface area contributed by atoms with E-state index in [1.807, 2.05) is 0 Å². The van der Waals surface area contributed by atoms with Crippen molar-refractivity contribution in [3.63, 3.8) is 0 Å². The summed E-state index contributed by atoms with van der Waals surface area (Å²) < 4.78 is 15.8. The minimum atomic E-state index is -2.19. The average molecular weight is 408 g/mol. The van der Waals surface area contributed by atoms with E-state index >= 15 is 0 Å². The third-order valence-corrected chi connectivity index (χ3v) is 5.24. The number of phenols is 1. The van der Waals surface area contributed by atoms with Gasteiger partial charge in [-0.05, 0) is 42.3 Å². The minimum Gasteiger partial charge on any atom is -0.504 e. The van der Waals surface area contributed by atoms with E-state index in [-0.39, 0.29) is 11.5 Å². The largest absolute Gasteiger partial charge is 0.504 e. The summed E-state index contributed by atoms with van der Waals surface area (Å²) in [4.78, 5) is 0. The van der Waals surface area contributed by atoms with Crippen molar-refractivity contribution in [2.75, 3.05) is 34.5 Å². The number of methoxy groups -OCH3 is 3. The van der Waals surface area contributed by atoms with Crippen LogP contribution in [0.4, 0.5) is 0 Å². The number of aliphatic hydroxyl groups excluding tert-OH is 2. The molecule has 160 valence electrons. The Kier molecular flexibility index (Phi) is 6.97.